The van der Waals surface area contributed by atoms with Crippen LogP contribution in [0.5, 0.6) is 0 Å². The summed E-state index contributed by atoms with van der Waals surface area (Å²) in [5.74, 6) is 0.0808. The third-order valence-electron chi connectivity index (χ3n) is 3.38. The summed E-state index contributed by atoms with van der Waals surface area (Å²) in [5, 5.41) is 2.95. The van der Waals surface area contributed by atoms with Gasteiger partial charge in [-0.05, 0) is 13.3 Å². The molecule has 1 aliphatic rings. The quantitative estimate of drug-likeness (QED) is 0.720. The van der Waals surface area contributed by atoms with E-state index in [9.17, 15) is 9.59 Å². The van der Waals surface area contributed by atoms with E-state index in [1.165, 1.54) is 7.11 Å². The molecule has 1 atom stereocenters. The molecular formula is C13H25N3O3. The van der Waals surface area contributed by atoms with Crippen LogP contribution in [0.3, 0.4) is 0 Å². The molecule has 1 N–H and O–H groups in total. The van der Waals surface area contributed by atoms with Gasteiger partial charge in [-0.25, -0.2) is 0 Å². The molecule has 1 rings (SSSR count). The Hall–Kier alpha value is -1.14. The van der Waals surface area contributed by atoms with E-state index in [1.54, 1.807) is 4.90 Å². The zero-order chi connectivity index (χ0) is 14.3. The van der Waals surface area contributed by atoms with Gasteiger partial charge in [-0.3, -0.25) is 14.5 Å². The number of piperazine rings is 1. The molecule has 0 saturated carbocycles. The van der Waals surface area contributed by atoms with Gasteiger partial charge in [0.2, 0.25) is 11.8 Å². The monoisotopic (exact) mass is 271 g/mol. The smallest absolute Gasteiger partial charge is 0.248 e. The number of amides is 2. The van der Waals surface area contributed by atoms with Crippen LogP contribution in [0.1, 0.15) is 20.3 Å². The molecule has 6 heteroatoms. The molecule has 1 fully saturated rings. The molecule has 0 aromatic rings. The standard InChI is InChI=1S/C13H25N3O3/c1-4-11(2)14-12(17)9-15-5-7-16(8-6-15)13(18)10-19-3/h11H,4-10H2,1-3H3,(H,14,17). The van der Waals surface area contributed by atoms with Crippen molar-refractivity contribution < 1.29 is 14.3 Å². The van der Waals surface area contributed by atoms with Crippen molar-refractivity contribution >= 4 is 11.8 Å². The Kier molecular flexibility index (Phi) is 6.80. The first-order valence-corrected chi connectivity index (χ1v) is 6.85. The van der Waals surface area contributed by atoms with Gasteiger partial charge in [0.05, 0.1) is 6.54 Å². The van der Waals surface area contributed by atoms with E-state index in [1.807, 2.05) is 13.8 Å². The van der Waals surface area contributed by atoms with E-state index in [-0.39, 0.29) is 24.5 Å². The molecule has 0 radical (unpaired) electrons. The predicted octanol–water partition coefficient (Wildman–Crippen LogP) is -0.308. The number of nitrogens with one attached hydrogen (secondary N) is 1. The number of ether oxygens (including phenoxy) is 1. The highest BCUT2D eigenvalue weighted by Gasteiger charge is 2.22. The summed E-state index contributed by atoms with van der Waals surface area (Å²) in [5.41, 5.74) is 0. The lowest BCUT2D eigenvalue weighted by molar-refractivity contribution is -0.137. The lowest BCUT2D eigenvalue weighted by Crippen LogP contribution is -2.52. The van der Waals surface area contributed by atoms with Crippen LogP contribution in [0.15, 0.2) is 0 Å². The maximum atomic E-state index is 11.7. The fourth-order valence-corrected chi connectivity index (χ4v) is 2.00. The summed E-state index contributed by atoms with van der Waals surface area (Å²) in [6, 6.07) is 0.220. The highest BCUT2D eigenvalue weighted by molar-refractivity contribution is 5.79. The van der Waals surface area contributed by atoms with Crippen molar-refractivity contribution in [1.82, 2.24) is 15.1 Å². The third kappa shape index (κ3) is 5.57. The highest BCUT2D eigenvalue weighted by atomic mass is 16.5. The second-order valence-electron chi connectivity index (χ2n) is 4.97. The number of nitrogens with zero attached hydrogens (tertiary/aromatic N) is 2. The number of carbonyl (C=O) groups excluding carboxylic acids is 2. The molecule has 0 spiro atoms. The predicted molar refractivity (Wildman–Crippen MR) is 72.8 cm³/mol. The van der Waals surface area contributed by atoms with Gasteiger partial charge in [-0.1, -0.05) is 6.92 Å². The van der Waals surface area contributed by atoms with Crippen molar-refractivity contribution in [2.45, 2.75) is 26.3 Å². The van der Waals surface area contributed by atoms with Crippen molar-refractivity contribution in [3.8, 4) is 0 Å². The minimum absolute atomic E-state index is 0.0196. The van der Waals surface area contributed by atoms with E-state index in [4.69, 9.17) is 4.74 Å². The molecule has 1 unspecified atom stereocenters. The number of rotatable bonds is 6. The molecular weight excluding hydrogens is 246 g/mol. The minimum Gasteiger partial charge on any atom is -0.375 e. The van der Waals surface area contributed by atoms with Crippen LogP contribution in [0.2, 0.25) is 0 Å². The Morgan fingerprint density at radius 1 is 1.26 bits per heavy atom. The molecule has 0 aromatic heterocycles. The summed E-state index contributed by atoms with van der Waals surface area (Å²) in [6.45, 7) is 7.40. The first kappa shape index (κ1) is 15.9. The van der Waals surface area contributed by atoms with Crippen molar-refractivity contribution in [1.29, 1.82) is 0 Å². The maximum absolute atomic E-state index is 11.7. The Balaban J connectivity index is 2.26. The fraction of sp³-hybridized carbons (Fsp3) is 0.846. The maximum Gasteiger partial charge on any atom is 0.248 e. The van der Waals surface area contributed by atoms with Crippen LogP contribution >= 0.6 is 0 Å². The summed E-state index contributed by atoms with van der Waals surface area (Å²) in [7, 11) is 1.52. The Labute approximate surface area is 115 Å². The summed E-state index contributed by atoms with van der Waals surface area (Å²) in [6.07, 6.45) is 0.936. The molecule has 2 amide bonds. The van der Waals surface area contributed by atoms with Gasteiger partial charge < -0.3 is 15.0 Å². The molecule has 0 aliphatic carbocycles. The first-order chi connectivity index (χ1) is 9.06. The van der Waals surface area contributed by atoms with Gasteiger partial charge in [0.1, 0.15) is 6.61 Å². The largest absolute Gasteiger partial charge is 0.375 e. The second kappa shape index (κ2) is 8.12. The van der Waals surface area contributed by atoms with E-state index in [2.05, 4.69) is 10.2 Å². The Morgan fingerprint density at radius 3 is 2.42 bits per heavy atom. The van der Waals surface area contributed by atoms with Crippen LogP contribution in [0.25, 0.3) is 0 Å². The molecule has 1 aliphatic heterocycles. The lowest BCUT2D eigenvalue weighted by Gasteiger charge is -2.34. The van der Waals surface area contributed by atoms with Gasteiger partial charge >= 0.3 is 0 Å². The SMILES string of the molecule is CCC(C)NC(=O)CN1CCN(C(=O)COC)CC1. The summed E-state index contributed by atoms with van der Waals surface area (Å²) in [4.78, 5) is 27.2. The number of hydrogen-bond donors (Lipinski definition) is 1. The fourth-order valence-electron chi connectivity index (χ4n) is 2.00. The summed E-state index contributed by atoms with van der Waals surface area (Å²) < 4.78 is 4.84. The van der Waals surface area contributed by atoms with Gasteiger partial charge in [-0.2, -0.15) is 0 Å². The lowest BCUT2D eigenvalue weighted by atomic mass is 10.2. The highest BCUT2D eigenvalue weighted by Crippen LogP contribution is 2.02. The van der Waals surface area contributed by atoms with Crippen molar-refractivity contribution in [3.63, 3.8) is 0 Å². The molecule has 6 nitrogen and oxygen atoms in total. The van der Waals surface area contributed by atoms with Gasteiger partial charge in [-0.15, -0.1) is 0 Å². The zero-order valence-corrected chi connectivity index (χ0v) is 12.1. The van der Waals surface area contributed by atoms with E-state index in [0.29, 0.717) is 19.6 Å². The minimum atomic E-state index is 0.0196. The number of hydrogen-bond acceptors (Lipinski definition) is 4. The van der Waals surface area contributed by atoms with Crippen LogP contribution in [0, 0.1) is 0 Å². The Morgan fingerprint density at radius 2 is 1.89 bits per heavy atom. The van der Waals surface area contributed by atoms with E-state index >= 15 is 0 Å². The van der Waals surface area contributed by atoms with Crippen molar-refractivity contribution in [3.05, 3.63) is 0 Å². The summed E-state index contributed by atoms with van der Waals surface area (Å²) >= 11 is 0. The van der Waals surface area contributed by atoms with Crippen LogP contribution in [-0.4, -0.2) is 74.1 Å². The van der Waals surface area contributed by atoms with Gasteiger partial charge in [0, 0.05) is 39.3 Å². The van der Waals surface area contributed by atoms with Crippen molar-refractivity contribution in [2.24, 2.45) is 0 Å². The molecule has 1 saturated heterocycles. The molecule has 110 valence electrons. The average molecular weight is 271 g/mol. The number of carbonyl (C=O) groups is 2. The van der Waals surface area contributed by atoms with Crippen LogP contribution in [-0.2, 0) is 14.3 Å². The second-order valence-corrected chi connectivity index (χ2v) is 4.97. The zero-order valence-electron chi connectivity index (χ0n) is 12.1. The van der Waals surface area contributed by atoms with Crippen LogP contribution in [0.4, 0.5) is 0 Å². The van der Waals surface area contributed by atoms with E-state index < -0.39 is 0 Å². The normalized spacial score (nSPS) is 18.2. The third-order valence-corrected chi connectivity index (χ3v) is 3.38. The van der Waals surface area contributed by atoms with Gasteiger partial charge in [0.25, 0.3) is 0 Å². The van der Waals surface area contributed by atoms with Crippen LogP contribution < -0.4 is 5.32 Å². The Bertz CT molecular complexity index is 302. The first-order valence-electron chi connectivity index (χ1n) is 6.85. The molecule has 0 bridgehead atoms. The number of methoxy groups -OCH3 is 1. The molecule has 1 heterocycles. The van der Waals surface area contributed by atoms with E-state index in [0.717, 1.165) is 19.5 Å². The molecule has 19 heavy (non-hydrogen) atoms. The van der Waals surface area contributed by atoms with Crippen molar-refractivity contribution in [2.75, 3.05) is 46.4 Å². The topological polar surface area (TPSA) is 61.9 Å². The van der Waals surface area contributed by atoms with Gasteiger partial charge in [0.15, 0.2) is 0 Å². The average Bonchev–Trinajstić information content (AvgIpc) is 2.39. The molecule has 0 aromatic carbocycles.